The number of rotatable bonds is 5. The molecule has 1 amide bonds. The smallest absolute Gasteiger partial charge is 0.254 e. The summed E-state index contributed by atoms with van der Waals surface area (Å²) in [6.07, 6.45) is 4.70. The number of amides is 1. The number of carbonyl (C=O) groups is 1. The van der Waals surface area contributed by atoms with E-state index in [0.717, 1.165) is 6.07 Å². The normalized spacial score (nSPS) is 11.2. The number of benzene rings is 2. The van der Waals surface area contributed by atoms with Crippen molar-refractivity contribution in [2.45, 2.75) is 0 Å². The Morgan fingerprint density at radius 2 is 1.74 bits per heavy atom. The maximum atomic E-state index is 15.5. The summed E-state index contributed by atoms with van der Waals surface area (Å²) in [5, 5.41) is 0.792. The highest BCUT2D eigenvalue weighted by molar-refractivity contribution is 6.03. The molecule has 38 heavy (non-hydrogen) atoms. The summed E-state index contributed by atoms with van der Waals surface area (Å²) < 4.78 is 36.5. The molecule has 0 saturated carbocycles. The molecule has 186 valence electrons. The van der Waals surface area contributed by atoms with Crippen LogP contribution in [0.4, 0.5) is 8.78 Å². The Morgan fingerprint density at radius 3 is 2.50 bits per heavy atom. The summed E-state index contributed by atoms with van der Waals surface area (Å²) >= 11 is 0. The fourth-order valence-corrected chi connectivity index (χ4v) is 4.43. The molecular formula is C28H17F2N5O3. The second kappa shape index (κ2) is 8.93. The molecule has 0 aliphatic rings. The average Bonchev–Trinajstić information content (AvgIpc) is 3.40. The minimum absolute atomic E-state index is 0.0164. The zero-order valence-corrected chi connectivity index (χ0v) is 19.5. The van der Waals surface area contributed by atoms with Crippen LogP contribution in [0.15, 0.2) is 90.1 Å². The van der Waals surface area contributed by atoms with E-state index in [-0.39, 0.29) is 33.6 Å². The number of nitrogens with two attached hydrogens (primary N) is 1. The lowest BCUT2D eigenvalue weighted by atomic mass is 10.0. The second-order valence-electron chi connectivity index (χ2n) is 8.40. The zero-order chi connectivity index (χ0) is 26.4. The lowest BCUT2D eigenvalue weighted by Crippen LogP contribution is -2.26. The van der Waals surface area contributed by atoms with Crippen molar-refractivity contribution in [2.24, 2.45) is 5.73 Å². The van der Waals surface area contributed by atoms with Crippen LogP contribution in [0, 0.1) is 11.6 Å². The number of nitrogens with zero attached hydrogens (tertiary/aromatic N) is 3. The van der Waals surface area contributed by atoms with Gasteiger partial charge in [0.15, 0.2) is 11.6 Å². The molecule has 0 atom stereocenters. The van der Waals surface area contributed by atoms with Crippen molar-refractivity contribution in [1.82, 2.24) is 19.5 Å². The fourth-order valence-electron chi connectivity index (χ4n) is 4.43. The third kappa shape index (κ3) is 3.75. The van der Waals surface area contributed by atoms with Crippen LogP contribution in [0.25, 0.3) is 39.0 Å². The molecule has 0 radical (unpaired) electrons. The van der Waals surface area contributed by atoms with Gasteiger partial charge in [-0.05, 0) is 66.7 Å². The van der Waals surface area contributed by atoms with Gasteiger partial charge in [-0.3, -0.25) is 14.2 Å². The van der Waals surface area contributed by atoms with Gasteiger partial charge in [-0.15, -0.1) is 0 Å². The third-order valence-corrected chi connectivity index (χ3v) is 6.11. The molecule has 6 rings (SSSR count). The summed E-state index contributed by atoms with van der Waals surface area (Å²) in [5.74, 6) is -1.93. The number of hydrogen-bond acceptors (Lipinski definition) is 5. The van der Waals surface area contributed by atoms with Gasteiger partial charge < -0.3 is 15.5 Å². The van der Waals surface area contributed by atoms with E-state index in [0.29, 0.717) is 22.5 Å². The number of carbonyl (C=O) groups excluding carboxylic acids is 1. The Bertz CT molecular complexity index is 1930. The van der Waals surface area contributed by atoms with Crippen molar-refractivity contribution >= 4 is 28.0 Å². The number of ether oxygens (including phenoxy) is 1. The molecular weight excluding hydrogens is 492 g/mol. The summed E-state index contributed by atoms with van der Waals surface area (Å²) in [7, 11) is 0. The minimum atomic E-state index is -1.00. The Hall–Kier alpha value is -5.38. The maximum absolute atomic E-state index is 15.5. The number of nitrogens with one attached hydrogen (secondary N) is 1. The van der Waals surface area contributed by atoms with E-state index in [9.17, 15) is 14.0 Å². The first kappa shape index (κ1) is 23.0. The van der Waals surface area contributed by atoms with Crippen molar-refractivity contribution in [3.8, 4) is 28.4 Å². The second-order valence-corrected chi connectivity index (χ2v) is 8.40. The number of primary amides is 1. The maximum Gasteiger partial charge on any atom is 0.254 e. The standard InChI is InChI=1S/C28H17F2N5O3/c29-16-4-6-17(7-5-16)35-24(23(26(31)37)25(36)19-2-1-11-34-28(19)35)15-3-8-22(20(30)14-15)38-21-10-13-33-27-18(21)9-12-32-27/h1-14H,(H2,31,37)(H,32,33). The summed E-state index contributed by atoms with van der Waals surface area (Å²) in [5.41, 5.74) is 6.00. The largest absolute Gasteiger partial charge is 0.453 e. The van der Waals surface area contributed by atoms with E-state index < -0.39 is 23.0 Å². The molecule has 0 spiro atoms. The van der Waals surface area contributed by atoms with Gasteiger partial charge in [0.05, 0.1) is 16.5 Å². The first-order valence-electron chi connectivity index (χ1n) is 11.4. The molecule has 2 aromatic carbocycles. The number of aromatic nitrogens is 4. The van der Waals surface area contributed by atoms with Gasteiger partial charge in [-0.2, -0.15) is 0 Å². The average molecular weight is 509 g/mol. The Balaban J connectivity index is 1.58. The molecule has 0 unspecified atom stereocenters. The van der Waals surface area contributed by atoms with Gasteiger partial charge in [0.1, 0.15) is 28.4 Å². The molecule has 3 N–H and O–H groups in total. The van der Waals surface area contributed by atoms with Gasteiger partial charge in [-0.25, -0.2) is 18.7 Å². The monoisotopic (exact) mass is 509 g/mol. The van der Waals surface area contributed by atoms with Gasteiger partial charge in [0.25, 0.3) is 5.91 Å². The summed E-state index contributed by atoms with van der Waals surface area (Å²) in [6, 6.07) is 15.8. The topological polar surface area (TPSA) is 116 Å². The van der Waals surface area contributed by atoms with E-state index in [2.05, 4.69) is 15.0 Å². The molecule has 0 aliphatic heterocycles. The van der Waals surface area contributed by atoms with Crippen molar-refractivity contribution in [1.29, 1.82) is 0 Å². The van der Waals surface area contributed by atoms with Crippen LogP contribution in [0.1, 0.15) is 10.4 Å². The van der Waals surface area contributed by atoms with Crippen LogP contribution in [0.2, 0.25) is 0 Å². The minimum Gasteiger partial charge on any atom is -0.453 e. The van der Waals surface area contributed by atoms with Gasteiger partial charge >= 0.3 is 0 Å². The molecule has 10 heteroatoms. The van der Waals surface area contributed by atoms with Crippen LogP contribution < -0.4 is 15.9 Å². The fraction of sp³-hybridized carbons (Fsp3) is 0. The molecule has 0 aliphatic carbocycles. The Morgan fingerprint density at radius 1 is 0.921 bits per heavy atom. The zero-order valence-electron chi connectivity index (χ0n) is 19.5. The van der Waals surface area contributed by atoms with Gasteiger partial charge in [-0.1, -0.05) is 0 Å². The molecule has 8 nitrogen and oxygen atoms in total. The number of aromatic amines is 1. The van der Waals surface area contributed by atoms with Crippen molar-refractivity contribution < 1.29 is 18.3 Å². The molecule has 0 fully saturated rings. The number of halogens is 2. The van der Waals surface area contributed by atoms with E-state index in [4.69, 9.17) is 10.5 Å². The van der Waals surface area contributed by atoms with Crippen molar-refractivity contribution in [2.75, 3.05) is 0 Å². The highest BCUT2D eigenvalue weighted by Gasteiger charge is 2.24. The first-order valence-corrected chi connectivity index (χ1v) is 11.4. The quantitative estimate of drug-likeness (QED) is 0.336. The number of H-pyrrole nitrogens is 1. The predicted octanol–water partition coefficient (Wildman–Crippen LogP) is 5.10. The molecule has 0 bridgehead atoms. The summed E-state index contributed by atoms with van der Waals surface area (Å²) in [6.45, 7) is 0. The van der Waals surface area contributed by atoms with Crippen molar-refractivity contribution in [3.63, 3.8) is 0 Å². The van der Waals surface area contributed by atoms with Gasteiger partial charge in [0.2, 0.25) is 5.43 Å². The van der Waals surface area contributed by atoms with Crippen LogP contribution in [0.5, 0.6) is 11.5 Å². The van der Waals surface area contributed by atoms with E-state index in [1.807, 2.05) is 0 Å². The van der Waals surface area contributed by atoms with Gasteiger partial charge in [0, 0.05) is 29.8 Å². The van der Waals surface area contributed by atoms with Crippen LogP contribution >= 0.6 is 0 Å². The number of hydrogen-bond donors (Lipinski definition) is 2. The highest BCUT2D eigenvalue weighted by Crippen LogP contribution is 2.34. The number of fused-ring (bicyclic) bond motifs is 2. The molecule has 6 aromatic rings. The van der Waals surface area contributed by atoms with E-state index >= 15 is 4.39 Å². The molecule has 4 heterocycles. The van der Waals surface area contributed by atoms with Crippen LogP contribution in [-0.2, 0) is 0 Å². The van der Waals surface area contributed by atoms with E-state index in [1.54, 1.807) is 24.4 Å². The third-order valence-electron chi connectivity index (χ3n) is 6.11. The first-order chi connectivity index (χ1) is 18.4. The SMILES string of the molecule is NC(=O)c1c(-c2ccc(Oc3ccnc4[nH]ccc34)c(F)c2)n(-c2ccc(F)cc2)c2ncccc2c1=O. The van der Waals surface area contributed by atoms with Crippen LogP contribution in [-0.4, -0.2) is 25.4 Å². The predicted molar refractivity (Wildman–Crippen MR) is 137 cm³/mol. The summed E-state index contributed by atoms with van der Waals surface area (Å²) in [4.78, 5) is 37.4. The lowest BCUT2D eigenvalue weighted by molar-refractivity contribution is 0.0999. The molecule has 4 aromatic heterocycles. The molecule has 0 saturated heterocycles. The lowest BCUT2D eigenvalue weighted by Gasteiger charge is -2.19. The Labute approximate surface area is 213 Å². The highest BCUT2D eigenvalue weighted by atomic mass is 19.1. The van der Waals surface area contributed by atoms with Crippen molar-refractivity contribution in [3.05, 3.63) is 113 Å². The van der Waals surface area contributed by atoms with Crippen LogP contribution in [0.3, 0.4) is 0 Å². The Kier molecular flexibility index (Phi) is 5.42. The van der Waals surface area contributed by atoms with E-state index in [1.165, 1.54) is 59.4 Å². The number of pyridine rings is 3.